The van der Waals surface area contributed by atoms with E-state index in [0.717, 1.165) is 27.5 Å². The molecule has 0 unspecified atom stereocenters. The highest BCUT2D eigenvalue weighted by Gasteiger charge is 2.29. The number of fused-ring (bicyclic) bond motifs is 5. The molecule has 266 valence electrons. The lowest BCUT2D eigenvalue weighted by Gasteiger charge is -2.23. The van der Waals surface area contributed by atoms with Crippen molar-refractivity contribution in [2.75, 3.05) is 0 Å². The molecular formula is C50H38Cl4. The molecule has 0 bridgehead atoms. The molecule has 0 fully saturated rings. The Morgan fingerprint density at radius 1 is 0.481 bits per heavy atom. The second-order valence-electron chi connectivity index (χ2n) is 16.7. The summed E-state index contributed by atoms with van der Waals surface area (Å²) in [6, 6.07) is 40.6. The first-order chi connectivity index (χ1) is 25.7. The van der Waals surface area contributed by atoms with Gasteiger partial charge in [-0.05, 0) is 175 Å². The average molecular weight is 781 g/mol. The Morgan fingerprint density at radius 3 is 1.48 bits per heavy atom. The van der Waals surface area contributed by atoms with E-state index < -0.39 is 0 Å². The van der Waals surface area contributed by atoms with Crippen LogP contribution in [0.3, 0.4) is 0 Å². The zero-order chi connectivity index (χ0) is 37.8. The van der Waals surface area contributed by atoms with Crippen molar-refractivity contribution in [2.24, 2.45) is 0 Å². The maximum atomic E-state index is 6.90. The summed E-state index contributed by atoms with van der Waals surface area (Å²) in [5, 5.41) is 14.0. The first-order valence-corrected chi connectivity index (χ1v) is 19.9. The molecule has 0 aliphatic heterocycles. The lowest BCUT2D eigenvalue weighted by Crippen LogP contribution is -2.12. The zero-order valence-corrected chi connectivity index (χ0v) is 34.1. The van der Waals surface area contributed by atoms with Crippen LogP contribution >= 0.6 is 46.4 Å². The lowest BCUT2D eigenvalue weighted by atomic mass is 9.82. The maximum Gasteiger partial charge on any atom is 0.0412 e. The molecule has 54 heavy (non-hydrogen) atoms. The van der Waals surface area contributed by atoms with Crippen molar-refractivity contribution in [3.63, 3.8) is 0 Å². The van der Waals surface area contributed by atoms with Crippen molar-refractivity contribution in [2.45, 2.75) is 52.4 Å². The molecule has 4 heteroatoms. The molecule has 6 aromatic carbocycles. The van der Waals surface area contributed by atoms with Gasteiger partial charge in [0.25, 0.3) is 0 Å². The van der Waals surface area contributed by atoms with Crippen LogP contribution in [0.25, 0.3) is 38.8 Å². The van der Waals surface area contributed by atoms with Gasteiger partial charge in [0.05, 0.1) is 0 Å². The van der Waals surface area contributed by atoms with Gasteiger partial charge in [0.2, 0.25) is 0 Å². The molecule has 3 aliphatic carbocycles. The molecule has 0 saturated carbocycles. The zero-order valence-electron chi connectivity index (χ0n) is 31.1. The molecule has 0 N–H and O–H groups in total. The summed E-state index contributed by atoms with van der Waals surface area (Å²) in [5.41, 5.74) is 10.4. The van der Waals surface area contributed by atoms with Gasteiger partial charge in [-0.2, -0.15) is 0 Å². The summed E-state index contributed by atoms with van der Waals surface area (Å²) in [7, 11) is 0. The van der Waals surface area contributed by atoms with Crippen LogP contribution in [-0.4, -0.2) is 0 Å². The highest BCUT2D eigenvalue weighted by molar-refractivity contribution is 6.31. The smallest absolute Gasteiger partial charge is 0.0412 e. The SMILES string of the molecule is CC(C)(C)c1cc2cc(C(C)(C)C)cc3c4c5c(c(C=C(c6ccc(Cl)cc6)c6ccc(Cl)cc6)c=4c(c1)c23)C(c1ccc(Cl)cc1)=c1ccc(Cl)cc1=5. The van der Waals surface area contributed by atoms with Crippen molar-refractivity contribution < 1.29 is 0 Å². The first-order valence-electron chi connectivity index (χ1n) is 18.3. The van der Waals surface area contributed by atoms with Crippen LogP contribution < -0.4 is 5.22 Å². The third kappa shape index (κ3) is 5.73. The minimum atomic E-state index is -0.0604. The molecule has 0 radical (unpaired) electrons. The van der Waals surface area contributed by atoms with Gasteiger partial charge < -0.3 is 0 Å². The molecule has 0 atom stereocenters. The van der Waals surface area contributed by atoms with Gasteiger partial charge in [0.15, 0.2) is 0 Å². The van der Waals surface area contributed by atoms with Gasteiger partial charge in [0.1, 0.15) is 0 Å². The predicted molar refractivity (Wildman–Crippen MR) is 233 cm³/mol. The minimum absolute atomic E-state index is 0.0536. The lowest BCUT2D eigenvalue weighted by molar-refractivity contribution is 0.590. The normalized spacial score (nSPS) is 13.0. The second kappa shape index (κ2) is 12.6. The van der Waals surface area contributed by atoms with Crippen molar-refractivity contribution in [3.8, 4) is 0 Å². The molecule has 6 aromatic rings. The Balaban J connectivity index is 1.57. The summed E-state index contributed by atoms with van der Waals surface area (Å²) in [6.07, 6.45) is 2.40. The number of hydrogen-bond acceptors (Lipinski definition) is 0. The van der Waals surface area contributed by atoms with Crippen molar-refractivity contribution in [1.82, 2.24) is 0 Å². The van der Waals surface area contributed by atoms with Gasteiger partial charge in [-0.1, -0.05) is 143 Å². The van der Waals surface area contributed by atoms with Crippen LogP contribution in [0.5, 0.6) is 0 Å². The summed E-state index contributed by atoms with van der Waals surface area (Å²) < 4.78 is 0. The van der Waals surface area contributed by atoms with Gasteiger partial charge in [-0.25, -0.2) is 0 Å². The average Bonchev–Trinajstić information content (AvgIpc) is 3.74. The Bertz CT molecular complexity index is 3000. The minimum Gasteiger partial charge on any atom is -0.0843 e. The van der Waals surface area contributed by atoms with Crippen LogP contribution in [0.15, 0.2) is 115 Å². The van der Waals surface area contributed by atoms with E-state index in [9.17, 15) is 0 Å². The van der Waals surface area contributed by atoms with Gasteiger partial charge in [-0.3, -0.25) is 0 Å². The first kappa shape index (κ1) is 35.4. The highest BCUT2D eigenvalue weighted by atomic mass is 35.5. The molecule has 0 spiro atoms. The van der Waals surface area contributed by atoms with E-state index in [-0.39, 0.29) is 10.8 Å². The van der Waals surface area contributed by atoms with Crippen LogP contribution in [0.2, 0.25) is 20.1 Å². The predicted octanol–water partition coefficient (Wildman–Crippen LogP) is 14.5. The Labute approximate surface area is 335 Å². The van der Waals surface area contributed by atoms with E-state index in [1.165, 1.54) is 70.2 Å². The van der Waals surface area contributed by atoms with Crippen molar-refractivity contribution in [1.29, 1.82) is 0 Å². The molecule has 9 rings (SSSR count). The molecule has 0 nitrogen and oxygen atoms in total. The Morgan fingerprint density at radius 2 is 0.963 bits per heavy atom. The highest BCUT2D eigenvalue weighted by Crippen LogP contribution is 2.45. The van der Waals surface area contributed by atoms with E-state index in [4.69, 9.17) is 46.4 Å². The van der Waals surface area contributed by atoms with Crippen molar-refractivity contribution >= 4 is 85.2 Å². The standard InChI is InChI=1S/C50H38Cl4/c1-49(2,3)31-21-30-22-32(50(4,5)6)24-41-43(30)40(23-31)45-42(26-38(27-7-13-33(51)14-8-27)28-9-15-34(52)16-10-28)47-44(29-11-17-35(53)18-12-29)37-20-19-36(54)25-39(37)46(47)48(41)45/h7-26H,1-6H3. The summed E-state index contributed by atoms with van der Waals surface area (Å²) in [5.74, 6) is 0. The fourth-order valence-electron chi connectivity index (χ4n) is 8.37. The molecule has 0 amide bonds. The van der Waals surface area contributed by atoms with Gasteiger partial charge >= 0.3 is 0 Å². The summed E-state index contributed by atoms with van der Waals surface area (Å²) in [6.45, 7) is 13.8. The molecule has 3 aliphatic rings. The van der Waals surface area contributed by atoms with Gasteiger partial charge in [0, 0.05) is 20.1 Å². The molecular weight excluding hydrogens is 742 g/mol. The summed E-state index contributed by atoms with van der Waals surface area (Å²) >= 11 is 26.4. The van der Waals surface area contributed by atoms with Crippen LogP contribution in [-0.2, 0) is 10.8 Å². The maximum absolute atomic E-state index is 6.90. The molecule has 0 heterocycles. The van der Waals surface area contributed by atoms with Crippen molar-refractivity contribution in [3.05, 3.63) is 200 Å². The van der Waals surface area contributed by atoms with E-state index in [1.54, 1.807) is 0 Å². The van der Waals surface area contributed by atoms with E-state index >= 15 is 0 Å². The number of hydrogen-bond donors (Lipinski definition) is 0. The monoisotopic (exact) mass is 778 g/mol. The largest absolute Gasteiger partial charge is 0.0843 e. The topological polar surface area (TPSA) is 0 Å². The van der Waals surface area contributed by atoms with Crippen LogP contribution in [0.1, 0.15) is 80.5 Å². The van der Waals surface area contributed by atoms with E-state index in [0.29, 0.717) is 20.1 Å². The number of rotatable bonds is 4. The fraction of sp³-hybridized carbons (Fsp3) is 0.160. The third-order valence-electron chi connectivity index (χ3n) is 11.1. The second-order valence-corrected chi connectivity index (χ2v) is 18.4. The number of halogens is 4. The van der Waals surface area contributed by atoms with Gasteiger partial charge in [-0.15, -0.1) is 0 Å². The number of benzene rings is 6. The quantitative estimate of drug-likeness (QED) is 0.167. The fourth-order valence-corrected chi connectivity index (χ4v) is 8.92. The van der Waals surface area contributed by atoms with Crippen LogP contribution in [0.4, 0.5) is 0 Å². The molecule has 0 aromatic heterocycles. The van der Waals surface area contributed by atoms with E-state index in [1.807, 2.05) is 42.5 Å². The van der Waals surface area contributed by atoms with E-state index in [2.05, 4.69) is 120 Å². The van der Waals surface area contributed by atoms with Crippen LogP contribution in [0, 0.1) is 20.9 Å². The Kier molecular flexibility index (Phi) is 8.27. The third-order valence-corrected chi connectivity index (χ3v) is 12.1. The summed E-state index contributed by atoms with van der Waals surface area (Å²) in [4.78, 5) is 0. The Hall–Kier alpha value is -4.30. The molecule has 0 saturated heterocycles.